The molecule has 0 fully saturated rings. The summed E-state index contributed by atoms with van der Waals surface area (Å²) in [6.07, 6.45) is -5.62. The van der Waals surface area contributed by atoms with Crippen molar-refractivity contribution < 1.29 is 36.2 Å². The van der Waals surface area contributed by atoms with Crippen molar-refractivity contribution in [1.82, 2.24) is 10.2 Å². The van der Waals surface area contributed by atoms with E-state index in [9.17, 15) is 26.3 Å². The van der Waals surface area contributed by atoms with Gasteiger partial charge in [0.1, 0.15) is 15.8 Å². The largest absolute Gasteiger partial charge is 0.493 e. The van der Waals surface area contributed by atoms with Crippen molar-refractivity contribution in [3.63, 3.8) is 0 Å². The first-order valence-corrected chi connectivity index (χ1v) is 12.0. The van der Waals surface area contributed by atoms with Crippen LogP contribution in [0.15, 0.2) is 42.5 Å². The van der Waals surface area contributed by atoms with Crippen molar-refractivity contribution in [1.29, 1.82) is 0 Å². The number of nitrogens with zero attached hydrogens (tertiary/aromatic N) is 2. The van der Waals surface area contributed by atoms with E-state index in [1.165, 1.54) is 24.3 Å². The van der Waals surface area contributed by atoms with Crippen molar-refractivity contribution in [2.45, 2.75) is 50.5 Å². The first-order chi connectivity index (χ1) is 17.0. The van der Waals surface area contributed by atoms with Crippen molar-refractivity contribution in [2.24, 2.45) is 5.73 Å². The Balaban J connectivity index is 1.49. The first kappa shape index (κ1) is 27.9. The minimum Gasteiger partial charge on any atom is -0.493 e. The number of aliphatic hydroxyl groups is 1. The number of hydrogen-bond acceptors (Lipinski definition) is 6. The predicted molar refractivity (Wildman–Crippen MR) is 123 cm³/mol. The van der Waals surface area contributed by atoms with E-state index in [-0.39, 0.29) is 29.5 Å². The second-order valence-corrected chi connectivity index (χ2v) is 9.16. The zero-order chi connectivity index (χ0) is 26.3. The number of halogens is 6. The number of aryl methyl sites for hydroxylation is 1. The molecule has 3 aromatic rings. The zero-order valence-electron chi connectivity index (χ0n) is 19.1. The highest BCUT2D eigenvalue weighted by Crippen LogP contribution is 2.39. The molecule has 0 amide bonds. The average molecular weight is 534 g/mol. The van der Waals surface area contributed by atoms with Crippen LogP contribution in [0.1, 0.15) is 53.4 Å². The van der Waals surface area contributed by atoms with E-state index in [2.05, 4.69) is 10.2 Å². The third-order valence-electron chi connectivity index (χ3n) is 5.39. The molecule has 196 valence electrons. The molecule has 0 aliphatic heterocycles. The van der Waals surface area contributed by atoms with Crippen LogP contribution in [0.5, 0.6) is 5.75 Å². The number of ether oxygens (including phenoxy) is 1. The van der Waals surface area contributed by atoms with Gasteiger partial charge in [0.15, 0.2) is 0 Å². The summed E-state index contributed by atoms with van der Waals surface area (Å²) in [5, 5.41) is 17.4. The van der Waals surface area contributed by atoms with E-state index in [0.29, 0.717) is 24.3 Å². The predicted octanol–water partition coefficient (Wildman–Crippen LogP) is 6.42. The fourth-order valence-corrected chi connectivity index (χ4v) is 4.25. The second kappa shape index (κ2) is 12.0. The quantitative estimate of drug-likeness (QED) is 0.220. The SMILES string of the molecule is N[C@@H](CO)c1nnc(-c2ccc(OCCCCCCc3ccc(C(F)(F)F)cc3)c(C(F)(F)F)c2)s1. The Kier molecular flexibility index (Phi) is 9.31. The van der Waals surface area contributed by atoms with Crippen LogP contribution >= 0.6 is 11.3 Å². The fraction of sp³-hybridized carbons (Fsp3) is 0.417. The van der Waals surface area contributed by atoms with Gasteiger partial charge in [-0.2, -0.15) is 26.3 Å². The summed E-state index contributed by atoms with van der Waals surface area (Å²) in [6.45, 7) is -0.263. The standard InChI is InChI=1S/C24H25F6N3O2S/c25-23(26,27)17-9-6-15(7-10-17)5-3-1-2-4-12-35-20-11-8-16(13-18(20)24(28,29)30)21-32-33-22(36-21)19(31)14-34/h6-11,13,19,34H,1-5,12,14,31H2/t19-/m0/s1. The van der Waals surface area contributed by atoms with Gasteiger partial charge in [0.25, 0.3) is 0 Å². The Labute approximate surface area is 207 Å². The normalized spacial score (nSPS) is 13.1. The molecule has 0 spiro atoms. The Bertz CT molecular complexity index is 1120. The van der Waals surface area contributed by atoms with Gasteiger partial charge in [-0.3, -0.25) is 0 Å². The molecule has 0 saturated carbocycles. The minimum absolute atomic E-state index is 0.0943. The van der Waals surface area contributed by atoms with Crippen LogP contribution in [0.3, 0.4) is 0 Å². The van der Waals surface area contributed by atoms with Crippen molar-refractivity contribution >= 4 is 11.3 Å². The van der Waals surface area contributed by atoms with Crippen molar-refractivity contribution in [3.8, 4) is 16.3 Å². The number of alkyl halides is 6. The molecule has 0 unspecified atom stereocenters. The van der Waals surface area contributed by atoms with E-state index in [1.807, 2.05) is 0 Å². The number of aliphatic hydroxyl groups excluding tert-OH is 1. The van der Waals surface area contributed by atoms with Crippen LogP contribution in [-0.2, 0) is 18.8 Å². The molecule has 0 radical (unpaired) electrons. The van der Waals surface area contributed by atoms with E-state index < -0.39 is 29.5 Å². The van der Waals surface area contributed by atoms with Crippen LogP contribution < -0.4 is 10.5 Å². The number of nitrogens with two attached hydrogens (primary N) is 1. The highest BCUT2D eigenvalue weighted by Gasteiger charge is 2.35. The van der Waals surface area contributed by atoms with Gasteiger partial charge in [0.05, 0.1) is 30.4 Å². The minimum atomic E-state index is -4.64. The summed E-state index contributed by atoms with van der Waals surface area (Å²) >= 11 is 1.01. The second-order valence-electron chi connectivity index (χ2n) is 8.15. The Morgan fingerprint density at radius 3 is 2.22 bits per heavy atom. The van der Waals surface area contributed by atoms with Gasteiger partial charge < -0.3 is 15.6 Å². The molecule has 3 rings (SSSR count). The van der Waals surface area contributed by atoms with Gasteiger partial charge in [-0.1, -0.05) is 36.3 Å². The molecule has 0 aliphatic carbocycles. The fourth-order valence-electron chi connectivity index (χ4n) is 3.42. The average Bonchev–Trinajstić information content (AvgIpc) is 3.32. The molecule has 1 atom stereocenters. The highest BCUT2D eigenvalue weighted by atomic mass is 32.1. The summed E-state index contributed by atoms with van der Waals surface area (Å²) in [6, 6.07) is 7.93. The molecule has 0 bridgehead atoms. The van der Waals surface area contributed by atoms with Gasteiger partial charge in [-0.25, -0.2) is 0 Å². The van der Waals surface area contributed by atoms with Crippen molar-refractivity contribution in [3.05, 3.63) is 64.2 Å². The smallest absolute Gasteiger partial charge is 0.419 e. The topological polar surface area (TPSA) is 81.3 Å². The lowest BCUT2D eigenvalue weighted by Gasteiger charge is -2.15. The molecule has 36 heavy (non-hydrogen) atoms. The first-order valence-electron chi connectivity index (χ1n) is 11.2. The van der Waals surface area contributed by atoms with Crippen molar-refractivity contribution in [2.75, 3.05) is 13.2 Å². The maximum atomic E-state index is 13.6. The molecule has 2 aromatic carbocycles. The number of benzene rings is 2. The molecule has 0 aliphatic rings. The van der Waals surface area contributed by atoms with Gasteiger partial charge in [-0.15, -0.1) is 10.2 Å². The van der Waals surface area contributed by atoms with E-state index >= 15 is 0 Å². The lowest BCUT2D eigenvalue weighted by molar-refractivity contribution is -0.139. The highest BCUT2D eigenvalue weighted by molar-refractivity contribution is 7.14. The van der Waals surface area contributed by atoms with Crippen LogP contribution in [0.25, 0.3) is 10.6 Å². The summed E-state index contributed by atoms with van der Waals surface area (Å²) in [7, 11) is 0. The van der Waals surface area contributed by atoms with Gasteiger partial charge in [0, 0.05) is 5.56 Å². The van der Waals surface area contributed by atoms with Gasteiger partial charge >= 0.3 is 12.4 Å². The Hall–Kier alpha value is -2.70. The van der Waals surface area contributed by atoms with Crippen LogP contribution in [0.2, 0.25) is 0 Å². The van der Waals surface area contributed by atoms with Crippen LogP contribution in [0, 0.1) is 0 Å². The zero-order valence-corrected chi connectivity index (χ0v) is 19.9. The Morgan fingerprint density at radius 1 is 0.889 bits per heavy atom. The maximum absolute atomic E-state index is 13.6. The van der Waals surface area contributed by atoms with Crippen LogP contribution in [0.4, 0.5) is 26.3 Å². The summed E-state index contributed by atoms with van der Waals surface area (Å²) in [5.41, 5.74) is 5.08. The number of aromatic nitrogens is 2. The summed E-state index contributed by atoms with van der Waals surface area (Å²) in [4.78, 5) is 0. The molecule has 12 heteroatoms. The number of unbranched alkanes of at least 4 members (excludes halogenated alkanes) is 3. The molecule has 5 nitrogen and oxygen atoms in total. The van der Waals surface area contributed by atoms with Crippen LogP contribution in [-0.4, -0.2) is 28.5 Å². The molecule has 0 saturated heterocycles. The lowest BCUT2D eigenvalue weighted by Crippen LogP contribution is -2.13. The summed E-state index contributed by atoms with van der Waals surface area (Å²) < 4.78 is 84.1. The van der Waals surface area contributed by atoms with E-state index in [0.717, 1.165) is 47.9 Å². The lowest BCUT2D eigenvalue weighted by atomic mass is 10.0. The molecule has 1 heterocycles. The summed E-state index contributed by atoms with van der Waals surface area (Å²) in [5.74, 6) is -0.284. The van der Waals surface area contributed by atoms with E-state index in [4.69, 9.17) is 15.6 Å². The van der Waals surface area contributed by atoms with Gasteiger partial charge in [0.2, 0.25) is 0 Å². The van der Waals surface area contributed by atoms with Gasteiger partial charge in [-0.05, 0) is 55.2 Å². The maximum Gasteiger partial charge on any atom is 0.419 e. The molecule has 1 aromatic heterocycles. The third-order valence-corrected chi connectivity index (χ3v) is 6.49. The molecule has 3 N–H and O–H groups in total. The monoisotopic (exact) mass is 533 g/mol. The van der Waals surface area contributed by atoms with E-state index in [1.54, 1.807) is 0 Å². The number of rotatable bonds is 11. The number of hydrogen-bond donors (Lipinski definition) is 2. The molecular formula is C24H25F6N3O2S. The third kappa shape index (κ3) is 7.65. The Morgan fingerprint density at radius 2 is 1.58 bits per heavy atom. The molecular weight excluding hydrogens is 508 g/mol.